The third-order valence-corrected chi connectivity index (χ3v) is 10.9. The molecule has 0 rings (SSSR count). The maximum atomic E-state index is 12.5. The van der Waals surface area contributed by atoms with Crippen LogP contribution in [0.2, 0.25) is 18.1 Å². The fourth-order valence-corrected chi connectivity index (χ4v) is 3.69. The quantitative estimate of drug-likeness (QED) is 0.415. The van der Waals surface area contributed by atoms with Gasteiger partial charge in [0.15, 0.2) is 8.32 Å². The highest BCUT2D eigenvalue weighted by molar-refractivity contribution is 7.84. The third kappa shape index (κ3) is 11.3. The van der Waals surface area contributed by atoms with E-state index in [1.807, 2.05) is 6.92 Å². The van der Waals surface area contributed by atoms with Crippen molar-refractivity contribution < 1.29 is 21.8 Å². The molecule has 0 saturated carbocycles. The first kappa shape index (κ1) is 26.6. The van der Waals surface area contributed by atoms with Crippen LogP contribution in [-0.2, 0) is 15.4 Å². The lowest BCUT2D eigenvalue weighted by Crippen LogP contribution is -2.41. The summed E-state index contributed by atoms with van der Waals surface area (Å²) in [6.07, 6.45) is -3.45. The van der Waals surface area contributed by atoms with Crippen LogP contribution in [0.3, 0.4) is 0 Å². The van der Waals surface area contributed by atoms with Gasteiger partial charge in [-0.15, -0.1) is 0 Å². The Morgan fingerprint density at radius 3 is 2.04 bits per heavy atom. The topological polar surface area (TPSA) is 38.3 Å². The summed E-state index contributed by atoms with van der Waals surface area (Å²) in [6, 6.07) is -0.783. The SMILES string of the molecule is CC(CCO[Si](C)(C)C(C)(C)C)CC(C#CC(F)(F)F)NS(=O)C(C)(C)C. The van der Waals surface area contributed by atoms with Gasteiger partial charge in [0.2, 0.25) is 0 Å². The molecular weight excluding hydrogens is 391 g/mol. The van der Waals surface area contributed by atoms with Crippen molar-refractivity contribution in [3.8, 4) is 11.8 Å². The van der Waals surface area contributed by atoms with Gasteiger partial charge in [-0.1, -0.05) is 33.6 Å². The normalized spacial score (nSPS) is 17.0. The summed E-state index contributed by atoms with van der Waals surface area (Å²) < 4.78 is 58.0. The Kier molecular flexibility index (Phi) is 9.77. The van der Waals surface area contributed by atoms with Gasteiger partial charge in [0, 0.05) is 12.5 Å². The van der Waals surface area contributed by atoms with E-state index in [0.29, 0.717) is 13.0 Å². The molecule has 0 heterocycles. The summed E-state index contributed by atoms with van der Waals surface area (Å²) in [6.45, 7) is 18.7. The van der Waals surface area contributed by atoms with Gasteiger partial charge in [-0.05, 0) is 57.7 Å². The molecule has 3 unspecified atom stereocenters. The van der Waals surface area contributed by atoms with E-state index >= 15 is 0 Å². The van der Waals surface area contributed by atoms with Gasteiger partial charge in [0.1, 0.15) is 0 Å². The standard InChI is InChI=1S/C19H36F3NO2SSi/c1-15(11-13-25-27(8,9)18(5,6)7)14-16(10-12-19(20,21)22)23-26(24)17(2,3)4/h15-16,23H,11,13-14H2,1-9H3. The zero-order valence-electron chi connectivity index (χ0n) is 18.1. The summed E-state index contributed by atoms with van der Waals surface area (Å²) in [7, 11) is -3.33. The van der Waals surface area contributed by atoms with Gasteiger partial charge >= 0.3 is 6.18 Å². The Morgan fingerprint density at radius 1 is 1.11 bits per heavy atom. The average Bonchev–Trinajstić information content (AvgIpc) is 2.41. The Morgan fingerprint density at radius 2 is 1.63 bits per heavy atom. The predicted molar refractivity (Wildman–Crippen MR) is 110 cm³/mol. The lowest BCUT2D eigenvalue weighted by molar-refractivity contribution is -0.0698. The predicted octanol–water partition coefficient (Wildman–Crippen LogP) is 5.41. The monoisotopic (exact) mass is 427 g/mol. The molecule has 0 aromatic rings. The molecule has 0 fully saturated rings. The lowest BCUT2D eigenvalue weighted by Gasteiger charge is -2.36. The highest BCUT2D eigenvalue weighted by Crippen LogP contribution is 2.36. The molecule has 0 aromatic heterocycles. The van der Waals surface area contributed by atoms with Gasteiger partial charge in [-0.3, -0.25) is 0 Å². The number of halogens is 3. The first-order chi connectivity index (χ1) is 11.8. The number of hydrogen-bond donors (Lipinski definition) is 1. The molecule has 0 radical (unpaired) electrons. The lowest BCUT2D eigenvalue weighted by atomic mass is 10.00. The summed E-state index contributed by atoms with van der Waals surface area (Å²) in [5.41, 5.74) is 0. The Balaban J connectivity index is 4.90. The molecule has 0 aromatic carbocycles. The summed E-state index contributed by atoms with van der Waals surface area (Å²) in [5.74, 6) is 3.62. The number of rotatable bonds is 8. The summed E-state index contributed by atoms with van der Waals surface area (Å²) >= 11 is 0. The molecule has 0 spiro atoms. The van der Waals surface area contributed by atoms with E-state index in [0.717, 1.165) is 6.42 Å². The van der Waals surface area contributed by atoms with Crippen LogP contribution in [0.25, 0.3) is 0 Å². The smallest absolute Gasteiger partial charge is 0.417 e. The van der Waals surface area contributed by atoms with Gasteiger partial charge < -0.3 is 4.43 Å². The molecule has 8 heteroatoms. The Labute approximate surface area is 166 Å². The molecule has 27 heavy (non-hydrogen) atoms. The van der Waals surface area contributed by atoms with Crippen LogP contribution < -0.4 is 4.72 Å². The summed E-state index contributed by atoms with van der Waals surface area (Å²) in [5, 5.41) is 0.113. The van der Waals surface area contributed by atoms with Crippen molar-refractivity contribution >= 4 is 19.3 Å². The van der Waals surface area contributed by atoms with Crippen LogP contribution in [0.1, 0.15) is 61.3 Å². The summed E-state index contributed by atoms with van der Waals surface area (Å²) in [4.78, 5) is 0. The minimum Gasteiger partial charge on any atom is -0.417 e. The van der Waals surface area contributed by atoms with Crippen LogP contribution in [0, 0.1) is 17.8 Å². The van der Waals surface area contributed by atoms with Crippen molar-refractivity contribution in [3.63, 3.8) is 0 Å². The van der Waals surface area contributed by atoms with Gasteiger partial charge in [-0.25, -0.2) is 8.93 Å². The molecular formula is C19H36F3NO2SSi. The van der Waals surface area contributed by atoms with Crippen molar-refractivity contribution in [1.29, 1.82) is 0 Å². The van der Waals surface area contributed by atoms with Crippen LogP contribution in [-0.4, -0.2) is 36.1 Å². The van der Waals surface area contributed by atoms with Crippen molar-refractivity contribution in [2.24, 2.45) is 5.92 Å². The molecule has 0 aliphatic carbocycles. The molecule has 0 saturated heterocycles. The highest BCUT2D eigenvalue weighted by atomic mass is 32.2. The van der Waals surface area contributed by atoms with E-state index < -0.39 is 36.3 Å². The van der Waals surface area contributed by atoms with Gasteiger partial charge in [0.25, 0.3) is 0 Å². The Hall–Kier alpha value is -0.363. The molecule has 0 amide bonds. The van der Waals surface area contributed by atoms with E-state index in [2.05, 4.69) is 44.5 Å². The second kappa shape index (κ2) is 9.90. The average molecular weight is 428 g/mol. The van der Waals surface area contributed by atoms with Gasteiger partial charge in [-0.2, -0.15) is 13.2 Å². The zero-order valence-corrected chi connectivity index (χ0v) is 20.0. The molecule has 3 atom stereocenters. The molecule has 0 aliphatic heterocycles. The third-order valence-electron chi connectivity index (χ3n) is 4.71. The molecule has 1 N–H and O–H groups in total. The van der Waals surface area contributed by atoms with Gasteiger partial charge in [0.05, 0.1) is 21.8 Å². The maximum Gasteiger partial charge on any atom is 0.457 e. The van der Waals surface area contributed by atoms with Crippen LogP contribution in [0.5, 0.6) is 0 Å². The van der Waals surface area contributed by atoms with Crippen LogP contribution in [0.15, 0.2) is 0 Å². The fourth-order valence-electron chi connectivity index (χ4n) is 1.86. The highest BCUT2D eigenvalue weighted by Gasteiger charge is 2.37. The molecule has 0 bridgehead atoms. The number of nitrogens with one attached hydrogen (secondary N) is 1. The largest absolute Gasteiger partial charge is 0.457 e. The first-order valence-electron chi connectivity index (χ1n) is 9.26. The first-order valence-corrected chi connectivity index (χ1v) is 13.3. The van der Waals surface area contributed by atoms with E-state index in [1.165, 1.54) is 5.92 Å². The van der Waals surface area contributed by atoms with E-state index in [9.17, 15) is 17.4 Å². The second-order valence-electron chi connectivity index (χ2n) is 9.56. The zero-order chi connectivity index (χ0) is 21.7. The van der Waals surface area contributed by atoms with Crippen molar-refractivity contribution in [2.75, 3.05) is 6.61 Å². The maximum absolute atomic E-state index is 12.5. The van der Waals surface area contributed by atoms with Crippen LogP contribution in [0.4, 0.5) is 13.2 Å². The van der Waals surface area contributed by atoms with Crippen molar-refractivity contribution in [3.05, 3.63) is 0 Å². The minimum atomic E-state index is -4.56. The van der Waals surface area contributed by atoms with Crippen molar-refractivity contribution in [2.45, 2.75) is 96.4 Å². The van der Waals surface area contributed by atoms with E-state index in [1.54, 1.807) is 20.8 Å². The number of hydrogen-bond acceptors (Lipinski definition) is 2. The Bertz CT molecular complexity index is 555. The minimum absolute atomic E-state index is 0.0896. The number of alkyl halides is 3. The van der Waals surface area contributed by atoms with E-state index in [4.69, 9.17) is 4.43 Å². The molecule has 3 nitrogen and oxygen atoms in total. The fraction of sp³-hybridized carbons (Fsp3) is 0.895. The molecule has 0 aliphatic rings. The van der Waals surface area contributed by atoms with E-state index in [-0.39, 0.29) is 11.0 Å². The second-order valence-corrected chi connectivity index (χ2v) is 16.4. The molecule has 160 valence electrons. The van der Waals surface area contributed by atoms with Crippen LogP contribution >= 0.6 is 0 Å². The van der Waals surface area contributed by atoms with Crippen molar-refractivity contribution in [1.82, 2.24) is 4.72 Å².